The summed E-state index contributed by atoms with van der Waals surface area (Å²) in [6.07, 6.45) is -0.840. The van der Waals surface area contributed by atoms with E-state index >= 15 is 0 Å². The van der Waals surface area contributed by atoms with Crippen molar-refractivity contribution < 1.29 is 19.3 Å². The molecule has 0 amide bonds. The molecule has 1 aromatic rings. The molecule has 102 valence electrons. The van der Waals surface area contributed by atoms with Crippen LogP contribution < -0.4 is 19.9 Å². The first-order valence-corrected chi connectivity index (χ1v) is 5.84. The topological polar surface area (TPSA) is 73.9 Å². The number of ether oxygens (including phenoxy) is 3. The van der Waals surface area contributed by atoms with E-state index in [1.54, 1.807) is 19.2 Å². The molecule has 1 rings (SSSR count). The van der Waals surface area contributed by atoms with Crippen LogP contribution in [-0.4, -0.2) is 32.0 Å². The fraction of sp³-hybridized carbons (Fsp3) is 0.538. The second-order valence-electron chi connectivity index (χ2n) is 4.14. The number of hydrogen-bond donors (Lipinski definition) is 2. The number of hydrogen-bond acceptors (Lipinski definition) is 5. The Balaban J connectivity index is 3.33. The van der Waals surface area contributed by atoms with E-state index in [1.165, 1.54) is 7.11 Å². The molecule has 3 N–H and O–H groups in total. The van der Waals surface area contributed by atoms with E-state index in [4.69, 9.17) is 19.9 Å². The Bertz CT molecular complexity index is 393. The van der Waals surface area contributed by atoms with Crippen LogP contribution in [0, 0.1) is 0 Å². The molecule has 0 spiro atoms. The first-order valence-electron chi connectivity index (χ1n) is 5.84. The zero-order chi connectivity index (χ0) is 13.7. The molecule has 0 bridgehead atoms. The summed E-state index contributed by atoms with van der Waals surface area (Å²) in [5, 5.41) is 9.91. The third kappa shape index (κ3) is 3.05. The van der Waals surface area contributed by atoms with Crippen molar-refractivity contribution in [1.29, 1.82) is 0 Å². The van der Waals surface area contributed by atoms with E-state index in [0.29, 0.717) is 22.8 Å². The quantitative estimate of drug-likeness (QED) is 0.805. The molecule has 0 saturated carbocycles. The van der Waals surface area contributed by atoms with Gasteiger partial charge in [-0.05, 0) is 26.0 Å². The number of rotatable bonds is 6. The van der Waals surface area contributed by atoms with Crippen LogP contribution in [0.4, 0.5) is 0 Å². The molecule has 0 aliphatic rings. The summed E-state index contributed by atoms with van der Waals surface area (Å²) < 4.78 is 16.2. The summed E-state index contributed by atoms with van der Waals surface area (Å²) >= 11 is 0. The van der Waals surface area contributed by atoms with Gasteiger partial charge < -0.3 is 25.1 Å². The van der Waals surface area contributed by atoms with Crippen molar-refractivity contribution in [3.63, 3.8) is 0 Å². The van der Waals surface area contributed by atoms with Gasteiger partial charge in [0.05, 0.1) is 26.4 Å². The van der Waals surface area contributed by atoms with E-state index in [0.717, 1.165) is 0 Å². The number of aliphatic hydroxyl groups excluding tert-OH is 1. The number of aliphatic hydroxyl groups is 1. The minimum absolute atomic E-state index is 0.0465. The van der Waals surface area contributed by atoms with Gasteiger partial charge in [0, 0.05) is 12.1 Å². The summed E-state index contributed by atoms with van der Waals surface area (Å²) in [5.74, 6) is 1.50. The first kappa shape index (κ1) is 14.6. The molecule has 5 heteroatoms. The lowest BCUT2D eigenvalue weighted by molar-refractivity contribution is 0.169. The van der Waals surface area contributed by atoms with Crippen molar-refractivity contribution in [3.8, 4) is 17.2 Å². The average Bonchev–Trinajstić information content (AvgIpc) is 2.36. The van der Waals surface area contributed by atoms with Crippen molar-refractivity contribution >= 4 is 0 Å². The minimum atomic E-state index is -0.793. The van der Waals surface area contributed by atoms with Crippen molar-refractivity contribution in [2.75, 3.05) is 20.8 Å². The van der Waals surface area contributed by atoms with Gasteiger partial charge in [-0.15, -0.1) is 0 Å². The Kier molecular flexibility index (Phi) is 5.25. The molecular formula is C13H21NO4. The second kappa shape index (κ2) is 6.47. The van der Waals surface area contributed by atoms with Crippen LogP contribution in [0.3, 0.4) is 0 Å². The Morgan fingerprint density at radius 2 is 1.83 bits per heavy atom. The summed E-state index contributed by atoms with van der Waals surface area (Å²) in [4.78, 5) is 0. The van der Waals surface area contributed by atoms with Crippen LogP contribution in [-0.2, 0) is 0 Å². The molecule has 1 unspecified atom stereocenters. The Morgan fingerprint density at radius 3 is 2.28 bits per heavy atom. The van der Waals surface area contributed by atoms with Crippen molar-refractivity contribution in [2.45, 2.75) is 26.1 Å². The molecule has 5 nitrogen and oxygen atoms in total. The van der Waals surface area contributed by atoms with E-state index in [-0.39, 0.29) is 12.6 Å². The lowest BCUT2D eigenvalue weighted by Gasteiger charge is -2.21. The van der Waals surface area contributed by atoms with Crippen LogP contribution in [0.5, 0.6) is 17.2 Å². The van der Waals surface area contributed by atoms with Gasteiger partial charge in [0.25, 0.3) is 0 Å². The summed E-state index contributed by atoms with van der Waals surface area (Å²) in [7, 11) is 3.08. The van der Waals surface area contributed by atoms with E-state index in [1.807, 2.05) is 13.8 Å². The van der Waals surface area contributed by atoms with Gasteiger partial charge in [-0.1, -0.05) is 0 Å². The standard InChI is InChI=1S/C13H21NO4/c1-8(2)18-12-9(10(15)7-14)5-6-11(16-3)13(12)17-4/h5-6,8,10,15H,7,14H2,1-4H3. The normalized spacial score (nSPS) is 12.4. The molecular weight excluding hydrogens is 234 g/mol. The molecule has 18 heavy (non-hydrogen) atoms. The highest BCUT2D eigenvalue weighted by molar-refractivity contribution is 5.56. The fourth-order valence-electron chi connectivity index (χ4n) is 1.66. The van der Waals surface area contributed by atoms with Gasteiger partial charge >= 0.3 is 0 Å². The van der Waals surface area contributed by atoms with Crippen LogP contribution in [0.15, 0.2) is 12.1 Å². The van der Waals surface area contributed by atoms with E-state index < -0.39 is 6.10 Å². The third-order valence-corrected chi connectivity index (χ3v) is 2.47. The molecule has 0 radical (unpaired) electrons. The van der Waals surface area contributed by atoms with Gasteiger partial charge in [0.2, 0.25) is 5.75 Å². The monoisotopic (exact) mass is 255 g/mol. The Morgan fingerprint density at radius 1 is 1.17 bits per heavy atom. The molecule has 1 atom stereocenters. The second-order valence-corrected chi connectivity index (χ2v) is 4.14. The number of nitrogens with two attached hydrogens (primary N) is 1. The lowest BCUT2D eigenvalue weighted by Crippen LogP contribution is -2.16. The molecule has 0 aromatic heterocycles. The lowest BCUT2D eigenvalue weighted by atomic mass is 10.1. The smallest absolute Gasteiger partial charge is 0.203 e. The van der Waals surface area contributed by atoms with Crippen LogP contribution >= 0.6 is 0 Å². The minimum Gasteiger partial charge on any atom is -0.493 e. The number of methoxy groups -OCH3 is 2. The van der Waals surface area contributed by atoms with Gasteiger partial charge in [0.15, 0.2) is 11.5 Å². The fourth-order valence-corrected chi connectivity index (χ4v) is 1.66. The first-order chi connectivity index (χ1) is 8.54. The zero-order valence-electron chi connectivity index (χ0n) is 11.3. The predicted octanol–water partition coefficient (Wildman–Crippen LogP) is 1.48. The largest absolute Gasteiger partial charge is 0.493 e. The average molecular weight is 255 g/mol. The van der Waals surface area contributed by atoms with Gasteiger partial charge in [-0.2, -0.15) is 0 Å². The molecule has 0 aliphatic heterocycles. The van der Waals surface area contributed by atoms with Crippen LogP contribution in [0.1, 0.15) is 25.5 Å². The SMILES string of the molecule is COc1ccc(C(O)CN)c(OC(C)C)c1OC. The molecule has 0 heterocycles. The van der Waals surface area contributed by atoms with Gasteiger partial charge in [-0.25, -0.2) is 0 Å². The van der Waals surface area contributed by atoms with Crippen LogP contribution in [0.25, 0.3) is 0 Å². The van der Waals surface area contributed by atoms with Crippen LogP contribution in [0.2, 0.25) is 0 Å². The Hall–Kier alpha value is -1.46. The number of benzene rings is 1. The highest BCUT2D eigenvalue weighted by Crippen LogP contribution is 2.42. The maximum absolute atomic E-state index is 9.91. The van der Waals surface area contributed by atoms with Crippen molar-refractivity contribution in [1.82, 2.24) is 0 Å². The molecule has 1 aromatic carbocycles. The summed E-state index contributed by atoms with van der Waals surface area (Å²) in [5.41, 5.74) is 6.09. The summed E-state index contributed by atoms with van der Waals surface area (Å²) in [6.45, 7) is 3.92. The van der Waals surface area contributed by atoms with Gasteiger partial charge in [0.1, 0.15) is 0 Å². The van der Waals surface area contributed by atoms with Crippen molar-refractivity contribution in [2.24, 2.45) is 5.73 Å². The van der Waals surface area contributed by atoms with E-state index in [2.05, 4.69) is 0 Å². The predicted molar refractivity (Wildman–Crippen MR) is 69.3 cm³/mol. The third-order valence-electron chi connectivity index (χ3n) is 2.47. The molecule has 0 fully saturated rings. The highest BCUT2D eigenvalue weighted by Gasteiger charge is 2.21. The summed E-state index contributed by atoms with van der Waals surface area (Å²) in [6, 6.07) is 3.46. The Labute approximate surface area is 107 Å². The molecule has 0 aliphatic carbocycles. The highest BCUT2D eigenvalue weighted by atomic mass is 16.5. The maximum Gasteiger partial charge on any atom is 0.203 e. The van der Waals surface area contributed by atoms with Crippen molar-refractivity contribution in [3.05, 3.63) is 17.7 Å². The molecule has 0 saturated heterocycles. The zero-order valence-corrected chi connectivity index (χ0v) is 11.3. The maximum atomic E-state index is 9.91. The van der Waals surface area contributed by atoms with E-state index in [9.17, 15) is 5.11 Å². The van der Waals surface area contributed by atoms with Gasteiger partial charge in [-0.3, -0.25) is 0 Å².